The number of halogens is 4. The van der Waals surface area contributed by atoms with Gasteiger partial charge in [0.2, 0.25) is 0 Å². The smallest absolute Gasteiger partial charge is 0.253 e. The molecule has 4 aromatic carbocycles. The molecule has 0 radical (unpaired) electrons. The second kappa shape index (κ2) is 6.68. The highest BCUT2D eigenvalue weighted by Gasteiger charge is 2.24. The van der Waals surface area contributed by atoms with Crippen LogP contribution in [-0.4, -0.2) is 21.0 Å². The summed E-state index contributed by atoms with van der Waals surface area (Å²) in [7, 11) is 0. The Morgan fingerprint density at radius 2 is 0.679 bits per heavy atom. The lowest BCUT2D eigenvalue weighted by Crippen LogP contribution is -2.03. The van der Waals surface area contributed by atoms with Gasteiger partial charge < -0.3 is 0 Å². The second-order valence-electron chi connectivity index (χ2n) is 6.11. The van der Waals surface area contributed by atoms with Crippen LogP contribution in [0.1, 0.15) is 41.4 Å². The van der Waals surface area contributed by atoms with Gasteiger partial charge in [-0.1, -0.05) is 24.3 Å². The molecule has 0 atom stereocenters. The van der Waals surface area contributed by atoms with Gasteiger partial charge in [-0.05, 0) is 90.9 Å². The minimum atomic E-state index is -0.778. The summed E-state index contributed by atoms with van der Waals surface area (Å²) in [6.07, 6.45) is 0. The lowest BCUT2D eigenvalue weighted by molar-refractivity contribution is 0.106. The van der Waals surface area contributed by atoms with Crippen LogP contribution in [0, 0.1) is 0 Å². The number of hydrogen-bond acceptors (Lipinski definition) is 4. The monoisotopic (exact) mass is 450 g/mol. The van der Waals surface area contributed by atoms with E-state index in [9.17, 15) is 19.2 Å². The Hall–Kier alpha value is -2.24. The molecule has 0 amide bonds. The summed E-state index contributed by atoms with van der Waals surface area (Å²) in [6.45, 7) is 0. The van der Waals surface area contributed by atoms with Gasteiger partial charge in [0.15, 0.2) is 0 Å². The molecule has 8 heteroatoms. The standard InChI is InChI=1S/C20H6Cl4O4/c21-17(25)11-5-13(19(23)27)9-3-4-10-14(20(24)28)6-12(18(22)26)8-2-1-7(11)15(9)16(8)10/h1-6H. The molecule has 0 aliphatic carbocycles. The Kier molecular flexibility index (Phi) is 4.55. The van der Waals surface area contributed by atoms with Gasteiger partial charge >= 0.3 is 0 Å². The van der Waals surface area contributed by atoms with Crippen molar-refractivity contribution in [3.63, 3.8) is 0 Å². The minimum Gasteiger partial charge on any atom is -0.276 e. The summed E-state index contributed by atoms with van der Waals surface area (Å²) < 4.78 is 0. The Morgan fingerprint density at radius 1 is 0.464 bits per heavy atom. The molecule has 0 fully saturated rings. The van der Waals surface area contributed by atoms with Crippen LogP contribution in [0.25, 0.3) is 32.3 Å². The first kappa shape index (κ1) is 19.1. The molecule has 0 unspecified atom stereocenters. The molecule has 0 aliphatic heterocycles. The Balaban J connectivity index is 2.40. The molecule has 0 aromatic heterocycles. The van der Waals surface area contributed by atoms with Gasteiger partial charge in [0.05, 0.1) is 0 Å². The van der Waals surface area contributed by atoms with E-state index in [4.69, 9.17) is 46.4 Å². The number of carbonyl (C=O) groups excluding carboxylic acids is 4. The van der Waals surface area contributed by atoms with Gasteiger partial charge in [-0.15, -0.1) is 0 Å². The van der Waals surface area contributed by atoms with E-state index < -0.39 is 21.0 Å². The van der Waals surface area contributed by atoms with Crippen LogP contribution < -0.4 is 0 Å². The van der Waals surface area contributed by atoms with Crippen molar-refractivity contribution in [3.05, 3.63) is 58.7 Å². The fourth-order valence-corrected chi connectivity index (χ4v) is 4.27. The third-order valence-electron chi connectivity index (χ3n) is 4.75. The van der Waals surface area contributed by atoms with Gasteiger partial charge in [-0.3, -0.25) is 19.2 Å². The van der Waals surface area contributed by atoms with Crippen LogP contribution in [0.3, 0.4) is 0 Å². The quantitative estimate of drug-likeness (QED) is 0.277. The summed E-state index contributed by atoms with van der Waals surface area (Å²) in [5.41, 5.74) is 0.311. The zero-order valence-electron chi connectivity index (χ0n) is 13.6. The van der Waals surface area contributed by atoms with Crippen LogP contribution in [0.15, 0.2) is 36.4 Å². The predicted molar refractivity (Wildman–Crippen MR) is 111 cm³/mol. The van der Waals surface area contributed by atoms with Crippen LogP contribution in [-0.2, 0) is 0 Å². The first-order chi connectivity index (χ1) is 13.2. The van der Waals surface area contributed by atoms with Gasteiger partial charge in [0, 0.05) is 22.3 Å². The van der Waals surface area contributed by atoms with Crippen molar-refractivity contribution < 1.29 is 19.2 Å². The fourth-order valence-electron chi connectivity index (χ4n) is 3.64. The molecule has 0 spiro atoms. The van der Waals surface area contributed by atoms with E-state index in [1.54, 1.807) is 24.3 Å². The maximum Gasteiger partial charge on any atom is 0.253 e. The zero-order valence-corrected chi connectivity index (χ0v) is 16.6. The number of rotatable bonds is 4. The molecule has 4 aromatic rings. The van der Waals surface area contributed by atoms with Crippen molar-refractivity contribution in [2.24, 2.45) is 0 Å². The lowest BCUT2D eigenvalue weighted by Gasteiger charge is -2.17. The molecular formula is C20H6Cl4O4. The average molecular weight is 452 g/mol. The summed E-state index contributed by atoms with van der Waals surface area (Å²) in [6, 6.07) is 9.07. The molecule has 0 N–H and O–H groups in total. The molecule has 4 nitrogen and oxygen atoms in total. The van der Waals surface area contributed by atoms with Gasteiger partial charge in [-0.2, -0.15) is 0 Å². The topological polar surface area (TPSA) is 68.3 Å². The van der Waals surface area contributed by atoms with E-state index in [1.165, 1.54) is 12.1 Å². The first-order valence-corrected chi connectivity index (χ1v) is 9.31. The molecule has 0 saturated carbocycles. The van der Waals surface area contributed by atoms with Crippen LogP contribution >= 0.6 is 46.4 Å². The van der Waals surface area contributed by atoms with E-state index in [-0.39, 0.29) is 22.3 Å². The Labute approximate surface area is 177 Å². The molecular weight excluding hydrogens is 446 g/mol. The molecule has 4 rings (SSSR count). The number of hydrogen-bond donors (Lipinski definition) is 0. The van der Waals surface area contributed by atoms with E-state index >= 15 is 0 Å². The normalized spacial score (nSPS) is 11.4. The molecule has 0 saturated heterocycles. The van der Waals surface area contributed by atoms with E-state index in [1.807, 2.05) is 0 Å². The first-order valence-electron chi connectivity index (χ1n) is 7.80. The number of benzene rings is 4. The van der Waals surface area contributed by atoms with Crippen LogP contribution in [0.4, 0.5) is 0 Å². The largest absolute Gasteiger partial charge is 0.276 e. The van der Waals surface area contributed by atoms with Crippen molar-refractivity contribution >= 4 is 99.7 Å². The van der Waals surface area contributed by atoms with Crippen molar-refractivity contribution in [2.45, 2.75) is 0 Å². The molecule has 138 valence electrons. The van der Waals surface area contributed by atoms with E-state index in [0.29, 0.717) is 32.3 Å². The second-order valence-corrected chi connectivity index (χ2v) is 7.48. The summed E-state index contributed by atoms with van der Waals surface area (Å²) in [4.78, 5) is 47.9. The summed E-state index contributed by atoms with van der Waals surface area (Å²) >= 11 is 22.9. The SMILES string of the molecule is O=C(Cl)c1cc(C(=O)Cl)c2ccc3c(C(=O)Cl)cc(C(=O)Cl)c4ccc1c2c43. The maximum absolute atomic E-state index is 12.0. The fraction of sp³-hybridized carbons (Fsp3) is 0. The van der Waals surface area contributed by atoms with E-state index in [2.05, 4.69) is 0 Å². The zero-order chi connectivity index (χ0) is 20.3. The summed E-state index contributed by atoms with van der Waals surface area (Å²) in [5.74, 6) is 0. The molecule has 0 heterocycles. The highest BCUT2D eigenvalue weighted by Crippen LogP contribution is 2.41. The third-order valence-corrected chi connectivity index (χ3v) is 5.56. The van der Waals surface area contributed by atoms with Gasteiger partial charge in [0.1, 0.15) is 0 Å². The highest BCUT2D eigenvalue weighted by molar-refractivity contribution is 6.72. The van der Waals surface area contributed by atoms with Crippen LogP contribution in [0.2, 0.25) is 0 Å². The minimum absolute atomic E-state index is 0.0777. The van der Waals surface area contributed by atoms with Crippen molar-refractivity contribution in [1.82, 2.24) is 0 Å². The Morgan fingerprint density at radius 3 is 0.857 bits per heavy atom. The molecule has 0 aliphatic rings. The maximum atomic E-state index is 12.0. The number of carbonyl (C=O) groups is 4. The summed E-state index contributed by atoms with van der Waals surface area (Å²) in [5, 5.41) is -0.404. The van der Waals surface area contributed by atoms with Gasteiger partial charge in [-0.25, -0.2) is 0 Å². The van der Waals surface area contributed by atoms with Crippen molar-refractivity contribution in [3.8, 4) is 0 Å². The van der Waals surface area contributed by atoms with Crippen molar-refractivity contribution in [1.29, 1.82) is 0 Å². The van der Waals surface area contributed by atoms with Gasteiger partial charge in [0.25, 0.3) is 21.0 Å². The molecule has 28 heavy (non-hydrogen) atoms. The highest BCUT2D eigenvalue weighted by atomic mass is 35.5. The van der Waals surface area contributed by atoms with Crippen LogP contribution in [0.5, 0.6) is 0 Å². The van der Waals surface area contributed by atoms with Crippen molar-refractivity contribution in [2.75, 3.05) is 0 Å². The van der Waals surface area contributed by atoms with E-state index in [0.717, 1.165) is 0 Å². The average Bonchev–Trinajstić information content (AvgIpc) is 2.64. The lowest BCUT2D eigenvalue weighted by atomic mass is 9.86. The third kappa shape index (κ3) is 2.68. The molecule has 0 bridgehead atoms. The Bertz CT molecular complexity index is 1170. The predicted octanol–water partition coefficient (Wildman–Crippen LogP) is 6.10.